The number of alkyl halides is 2. The summed E-state index contributed by atoms with van der Waals surface area (Å²) in [5.74, 6) is -1.20. The highest BCUT2D eigenvalue weighted by Crippen LogP contribution is 2.19. The van der Waals surface area contributed by atoms with Gasteiger partial charge < -0.3 is 14.8 Å². The number of para-hydroxylation sites is 2. The van der Waals surface area contributed by atoms with Gasteiger partial charge in [-0.05, 0) is 36.4 Å². The van der Waals surface area contributed by atoms with E-state index in [4.69, 9.17) is 4.74 Å². The number of carbonyl (C=O) groups is 2. The first kappa shape index (κ1) is 20.5. The summed E-state index contributed by atoms with van der Waals surface area (Å²) in [5.41, 5.74) is 1.83. The van der Waals surface area contributed by atoms with Crippen LogP contribution in [0, 0.1) is 0 Å². The van der Waals surface area contributed by atoms with Crippen LogP contribution in [0.3, 0.4) is 0 Å². The van der Waals surface area contributed by atoms with Crippen LogP contribution in [0.25, 0.3) is 11.0 Å². The van der Waals surface area contributed by atoms with E-state index in [0.717, 1.165) is 22.8 Å². The molecule has 0 aliphatic carbocycles. The number of nitrogens with zero attached hydrogens (tertiary/aromatic N) is 2. The number of fused-ring (bicyclic) bond motifs is 1. The first-order valence-electron chi connectivity index (χ1n) is 8.34. The van der Waals surface area contributed by atoms with Crippen molar-refractivity contribution in [2.24, 2.45) is 0 Å². The second-order valence-electron chi connectivity index (χ2n) is 5.60. The van der Waals surface area contributed by atoms with Crippen LogP contribution >= 0.6 is 11.8 Å². The van der Waals surface area contributed by atoms with Gasteiger partial charge >= 0.3 is 12.6 Å². The molecular weight excluding hydrogens is 404 g/mol. The van der Waals surface area contributed by atoms with Crippen molar-refractivity contribution < 1.29 is 27.8 Å². The van der Waals surface area contributed by atoms with E-state index in [1.54, 1.807) is 6.20 Å². The molecule has 0 unspecified atom stereocenters. The summed E-state index contributed by atoms with van der Waals surface area (Å²) in [5, 5.41) is 3.05. The van der Waals surface area contributed by atoms with E-state index in [1.165, 1.54) is 24.3 Å². The number of ether oxygens (including phenoxy) is 2. The summed E-state index contributed by atoms with van der Waals surface area (Å²) in [4.78, 5) is 32.3. The van der Waals surface area contributed by atoms with Crippen molar-refractivity contribution in [1.29, 1.82) is 0 Å². The molecule has 1 amide bonds. The standard InChI is InChI=1S/C19H15F2N3O4S/c20-19(21)28-13-7-5-12(6-8-13)23-16(25)10-27-18(26)11-29-17-9-22-14-3-1-2-4-15(14)24-17/h1-9,19H,10-11H2,(H,23,25). The number of aromatic nitrogens is 2. The molecule has 7 nitrogen and oxygen atoms in total. The molecule has 0 aliphatic heterocycles. The Morgan fingerprint density at radius 1 is 1.07 bits per heavy atom. The zero-order chi connectivity index (χ0) is 20.6. The van der Waals surface area contributed by atoms with Gasteiger partial charge in [-0.2, -0.15) is 8.78 Å². The zero-order valence-corrected chi connectivity index (χ0v) is 15.7. The molecule has 1 heterocycles. The minimum atomic E-state index is -2.92. The fourth-order valence-electron chi connectivity index (χ4n) is 2.25. The quantitative estimate of drug-likeness (QED) is 0.441. The summed E-state index contributed by atoms with van der Waals surface area (Å²) < 4.78 is 33.3. The normalized spacial score (nSPS) is 10.7. The lowest BCUT2D eigenvalue weighted by atomic mass is 10.3. The van der Waals surface area contributed by atoms with Crippen LogP contribution in [0.5, 0.6) is 5.75 Å². The van der Waals surface area contributed by atoms with E-state index in [0.29, 0.717) is 10.7 Å². The first-order valence-corrected chi connectivity index (χ1v) is 9.33. The maximum absolute atomic E-state index is 12.1. The second kappa shape index (κ2) is 9.78. The number of nitrogens with one attached hydrogen (secondary N) is 1. The second-order valence-corrected chi connectivity index (χ2v) is 6.59. The molecular formula is C19H15F2N3O4S. The Morgan fingerprint density at radius 3 is 2.52 bits per heavy atom. The Hall–Kier alpha value is -3.27. The van der Waals surface area contributed by atoms with Gasteiger partial charge in [-0.15, -0.1) is 0 Å². The predicted molar refractivity (Wildman–Crippen MR) is 103 cm³/mol. The smallest absolute Gasteiger partial charge is 0.387 e. The predicted octanol–water partition coefficient (Wildman–Crippen LogP) is 3.51. The maximum atomic E-state index is 12.1. The summed E-state index contributed by atoms with van der Waals surface area (Å²) in [6, 6.07) is 12.7. The molecule has 0 spiro atoms. The van der Waals surface area contributed by atoms with Crippen LogP contribution in [-0.4, -0.2) is 40.8 Å². The Morgan fingerprint density at radius 2 is 1.79 bits per heavy atom. The van der Waals surface area contributed by atoms with E-state index >= 15 is 0 Å². The summed E-state index contributed by atoms with van der Waals surface area (Å²) in [7, 11) is 0. The Balaban J connectivity index is 1.41. The molecule has 3 aromatic rings. The topological polar surface area (TPSA) is 90.4 Å². The van der Waals surface area contributed by atoms with Gasteiger partial charge in [0.1, 0.15) is 10.8 Å². The highest BCUT2D eigenvalue weighted by molar-refractivity contribution is 7.99. The molecule has 0 fully saturated rings. The number of hydrogen-bond donors (Lipinski definition) is 1. The number of amides is 1. The largest absolute Gasteiger partial charge is 0.455 e. The number of anilines is 1. The molecule has 0 aliphatic rings. The Kier molecular flexibility index (Phi) is 6.90. The van der Waals surface area contributed by atoms with Gasteiger partial charge in [-0.1, -0.05) is 23.9 Å². The molecule has 0 atom stereocenters. The van der Waals surface area contributed by atoms with Gasteiger partial charge in [0, 0.05) is 5.69 Å². The minimum Gasteiger partial charge on any atom is -0.455 e. The molecule has 0 saturated carbocycles. The molecule has 0 saturated heterocycles. The van der Waals surface area contributed by atoms with Crippen molar-refractivity contribution in [2.75, 3.05) is 17.7 Å². The third kappa shape index (κ3) is 6.39. The first-order chi connectivity index (χ1) is 14.0. The van der Waals surface area contributed by atoms with Crippen LogP contribution in [0.4, 0.5) is 14.5 Å². The molecule has 150 valence electrons. The Bertz CT molecular complexity index is 1000. The van der Waals surface area contributed by atoms with Crippen LogP contribution in [-0.2, 0) is 14.3 Å². The fraction of sp³-hybridized carbons (Fsp3) is 0.158. The van der Waals surface area contributed by atoms with E-state index < -0.39 is 25.1 Å². The maximum Gasteiger partial charge on any atom is 0.387 e. The lowest BCUT2D eigenvalue weighted by molar-refractivity contribution is -0.144. The third-order valence-electron chi connectivity index (χ3n) is 3.49. The van der Waals surface area contributed by atoms with Gasteiger partial charge in [0.2, 0.25) is 0 Å². The molecule has 0 radical (unpaired) electrons. The third-order valence-corrected chi connectivity index (χ3v) is 4.36. The van der Waals surface area contributed by atoms with E-state index in [9.17, 15) is 18.4 Å². The van der Waals surface area contributed by atoms with Crippen LogP contribution in [0.2, 0.25) is 0 Å². The molecule has 1 N–H and O–H groups in total. The fourth-order valence-corrected chi connectivity index (χ4v) is 2.89. The van der Waals surface area contributed by atoms with Crippen molar-refractivity contribution >= 4 is 40.4 Å². The van der Waals surface area contributed by atoms with Crippen molar-refractivity contribution in [1.82, 2.24) is 9.97 Å². The number of rotatable bonds is 8. The van der Waals surface area contributed by atoms with Crippen molar-refractivity contribution in [3.05, 3.63) is 54.7 Å². The van der Waals surface area contributed by atoms with Crippen molar-refractivity contribution in [3.8, 4) is 5.75 Å². The van der Waals surface area contributed by atoms with Crippen LogP contribution < -0.4 is 10.1 Å². The number of carbonyl (C=O) groups excluding carboxylic acids is 2. The highest BCUT2D eigenvalue weighted by Gasteiger charge is 2.10. The molecule has 10 heteroatoms. The van der Waals surface area contributed by atoms with Gasteiger partial charge in [-0.25, -0.2) is 4.98 Å². The van der Waals surface area contributed by atoms with Crippen LogP contribution in [0.1, 0.15) is 0 Å². The number of hydrogen-bond acceptors (Lipinski definition) is 7. The average molecular weight is 419 g/mol. The SMILES string of the molecule is O=C(COC(=O)CSc1cnc2ccccc2n1)Nc1ccc(OC(F)F)cc1. The zero-order valence-electron chi connectivity index (χ0n) is 14.9. The van der Waals surface area contributed by atoms with Gasteiger partial charge in [-0.3, -0.25) is 14.6 Å². The average Bonchev–Trinajstić information content (AvgIpc) is 2.71. The van der Waals surface area contributed by atoms with Crippen LogP contribution in [0.15, 0.2) is 59.8 Å². The van der Waals surface area contributed by atoms with E-state index in [1.807, 2.05) is 24.3 Å². The van der Waals surface area contributed by atoms with Crippen molar-refractivity contribution in [2.45, 2.75) is 11.6 Å². The molecule has 0 bridgehead atoms. The molecule has 29 heavy (non-hydrogen) atoms. The molecule has 3 rings (SSSR count). The van der Waals surface area contributed by atoms with Crippen molar-refractivity contribution in [3.63, 3.8) is 0 Å². The molecule has 2 aromatic carbocycles. The monoisotopic (exact) mass is 419 g/mol. The van der Waals surface area contributed by atoms with E-state index in [2.05, 4.69) is 20.0 Å². The minimum absolute atomic E-state index is 0.0278. The highest BCUT2D eigenvalue weighted by atomic mass is 32.2. The van der Waals surface area contributed by atoms with E-state index in [-0.39, 0.29) is 11.5 Å². The van der Waals surface area contributed by atoms with Gasteiger partial charge in [0.05, 0.1) is 23.0 Å². The lowest BCUT2D eigenvalue weighted by Gasteiger charge is -2.08. The summed E-state index contributed by atoms with van der Waals surface area (Å²) in [6.07, 6.45) is 1.56. The number of benzene rings is 2. The number of thioether (sulfide) groups is 1. The number of halogens is 2. The Labute approximate surface area is 168 Å². The lowest BCUT2D eigenvalue weighted by Crippen LogP contribution is -2.21. The summed E-state index contributed by atoms with van der Waals surface area (Å²) in [6.45, 7) is -3.40. The van der Waals surface area contributed by atoms with Gasteiger partial charge in [0.15, 0.2) is 6.61 Å². The van der Waals surface area contributed by atoms with Gasteiger partial charge in [0.25, 0.3) is 5.91 Å². The molecule has 1 aromatic heterocycles. The summed E-state index contributed by atoms with van der Waals surface area (Å²) >= 11 is 1.15. The number of esters is 1.